The number of carbonyl (C=O) groups excluding carboxylic acids is 1. The first-order chi connectivity index (χ1) is 8.38. The zero-order valence-electron chi connectivity index (χ0n) is 9.18. The average molecular weight is 225 g/mol. The lowest BCUT2D eigenvalue weighted by atomic mass is 10.0. The van der Waals surface area contributed by atoms with Gasteiger partial charge in [-0.05, 0) is 18.1 Å². The van der Waals surface area contributed by atoms with Crippen molar-refractivity contribution >= 4 is 12.0 Å². The molecule has 1 aliphatic rings. The van der Waals surface area contributed by atoms with Crippen LogP contribution in [0.4, 0.5) is 5.69 Å². The van der Waals surface area contributed by atoms with Crippen molar-refractivity contribution in [3.63, 3.8) is 0 Å². The Morgan fingerprint density at radius 3 is 2.94 bits per heavy atom. The maximum atomic E-state index is 10.5. The number of carbonyl (C=O) groups is 1. The van der Waals surface area contributed by atoms with Crippen molar-refractivity contribution in [2.24, 2.45) is 0 Å². The molecule has 0 amide bonds. The summed E-state index contributed by atoms with van der Waals surface area (Å²) in [5.41, 5.74) is 4.72. The molecule has 2 heterocycles. The van der Waals surface area contributed by atoms with Crippen LogP contribution in [0.25, 0.3) is 11.3 Å². The highest BCUT2D eigenvalue weighted by molar-refractivity contribution is 5.75. The van der Waals surface area contributed by atoms with Crippen LogP contribution in [0, 0.1) is 0 Å². The van der Waals surface area contributed by atoms with Crippen molar-refractivity contribution < 1.29 is 4.79 Å². The number of hydrogen-bond acceptors (Lipinski definition) is 4. The van der Waals surface area contributed by atoms with Crippen molar-refractivity contribution in [3.05, 3.63) is 41.9 Å². The van der Waals surface area contributed by atoms with Gasteiger partial charge in [0.2, 0.25) is 0 Å². The number of aromatic nitrogens is 2. The smallest absolute Gasteiger partial charge is 0.170 e. The van der Waals surface area contributed by atoms with E-state index in [0.29, 0.717) is 12.0 Å². The van der Waals surface area contributed by atoms with Crippen LogP contribution >= 0.6 is 0 Å². The van der Waals surface area contributed by atoms with Gasteiger partial charge in [0, 0.05) is 17.8 Å². The van der Waals surface area contributed by atoms with Crippen LogP contribution in [0.15, 0.2) is 30.6 Å². The Bertz CT molecular complexity index is 563. The second-order valence-corrected chi connectivity index (χ2v) is 3.95. The van der Waals surface area contributed by atoms with E-state index in [0.717, 1.165) is 24.2 Å². The van der Waals surface area contributed by atoms with E-state index in [-0.39, 0.29) is 0 Å². The fourth-order valence-corrected chi connectivity index (χ4v) is 2.12. The summed E-state index contributed by atoms with van der Waals surface area (Å²) in [5, 5.41) is 3.33. The molecule has 0 unspecified atom stereocenters. The van der Waals surface area contributed by atoms with Crippen LogP contribution in [-0.2, 0) is 6.42 Å². The fourth-order valence-electron chi connectivity index (χ4n) is 2.12. The average Bonchev–Trinajstić information content (AvgIpc) is 2.87. The number of nitrogens with one attached hydrogen (secondary N) is 1. The third-order valence-electron chi connectivity index (χ3n) is 2.93. The van der Waals surface area contributed by atoms with Gasteiger partial charge in [0.25, 0.3) is 0 Å². The second-order valence-electron chi connectivity index (χ2n) is 3.95. The lowest BCUT2D eigenvalue weighted by Gasteiger charge is -2.06. The molecule has 3 rings (SSSR count). The maximum Gasteiger partial charge on any atom is 0.170 e. The fraction of sp³-hybridized carbons (Fsp3) is 0.154. The van der Waals surface area contributed by atoms with Crippen molar-refractivity contribution in [1.82, 2.24) is 9.97 Å². The molecule has 0 aliphatic carbocycles. The van der Waals surface area contributed by atoms with Crippen molar-refractivity contribution in [2.45, 2.75) is 6.42 Å². The molecule has 4 nitrogen and oxygen atoms in total. The van der Waals surface area contributed by atoms with E-state index >= 15 is 0 Å². The van der Waals surface area contributed by atoms with Crippen LogP contribution in [-0.4, -0.2) is 22.8 Å². The van der Waals surface area contributed by atoms with Crippen LogP contribution in [0.5, 0.6) is 0 Å². The van der Waals surface area contributed by atoms with Crippen molar-refractivity contribution in [2.75, 3.05) is 11.9 Å². The zero-order valence-corrected chi connectivity index (χ0v) is 9.18. The van der Waals surface area contributed by atoms with Gasteiger partial charge < -0.3 is 5.32 Å². The molecule has 17 heavy (non-hydrogen) atoms. The Morgan fingerprint density at radius 2 is 2.18 bits per heavy atom. The summed E-state index contributed by atoms with van der Waals surface area (Å²) in [7, 11) is 0. The van der Waals surface area contributed by atoms with Gasteiger partial charge in [-0.3, -0.25) is 9.78 Å². The normalized spacial score (nSPS) is 12.9. The Morgan fingerprint density at radius 1 is 1.24 bits per heavy atom. The van der Waals surface area contributed by atoms with Gasteiger partial charge >= 0.3 is 0 Å². The van der Waals surface area contributed by atoms with Crippen molar-refractivity contribution in [3.8, 4) is 11.3 Å². The van der Waals surface area contributed by atoms with Gasteiger partial charge in [0.15, 0.2) is 6.29 Å². The molecule has 0 radical (unpaired) electrons. The summed E-state index contributed by atoms with van der Waals surface area (Å²) in [6.45, 7) is 0.964. The highest BCUT2D eigenvalue weighted by atomic mass is 16.1. The summed E-state index contributed by atoms with van der Waals surface area (Å²) in [6, 6.07) is 6.11. The molecule has 1 aromatic heterocycles. The van der Waals surface area contributed by atoms with E-state index in [4.69, 9.17) is 0 Å². The predicted octanol–water partition coefficient (Wildman–Crippen LogP) is 1.92. The molecule has 0 atom stereocenters. The standard InChI is InChI=1S/C13H11N3O/c17-8-9-6-16-13(7-15-9)10-2-1-3-12-11(10)4-5-14-12/h1-3,6-8,14H,4-5H2. The first kappa shape index (κ1) is 9.96. The monoisotopic (exact) mass is 225 g/mol. The molecule has 2 aromatic rings. The van der Waals surface area contributed by atoms with Gasteiger partial charge in [-0.25, -0.2) is 4.98 Å². The van der Waals surface area contributed by atoms with E-state index in [1.165, 1.54) is 17.4 Å². The van der Waals surface area contributed by atoms with Gasteiger partial charge in [-0.1, -0.05) is 12.1 Å². The zero-order chi connectivity index (χ0) is 11.7. The second kappa shape index (κ2) is 3.97. The third kappa shape index (κ3) is 1.67. The predicted molar refractivity (Wildman–Crippen MR) is 65.0 cm³/mol. The molecule has 0 saturated carbocycles. The first-order valence-corrected chi connectivity index (χ1v) is 5.52. The molecule has 0 bridgehead atoms. The molecule has 0 saturated heterocycles. The van der Waals surface area contributed by atoms with Crippen LogP contribution < -0.4 is 5.32 Å². The molecular formula is C13H11N3O. The number of anilines is 1. The van der Waals surface area contributed by atoms with E-state index in [9.17, 15) is 4.79 Å². The summed E-state index contributed by atoms with van der Waals surface area (Å²) < 4.78 is 0. The molecule has 0 fully saturated rings. The number of rotatable bonds is 2. The third-order valence-corrected chi connectivity index (χ3v) is 2.93. The van der Waals surface area contributed by atoms with E-state index < -0.39 is 0 Å². The molecule has 84 valence electrons. The topological polar surface area (TPSA) is 54.9 Å². The minimum atomic E-state index is 0.361. The van der Waals surface area contributed by atoms with Crippen LogP contribution in [0.2, 0.25) is 0 Å². The molecule has 4 heteroatoms. The van der Waals surface area contributed by atoms with Gasteiger partial charge in [0.1, 0.15) is 5.69 Å². The van der Waals surface area contributed by atoms with E-state index in [2.05, 4.69) is 21.4 Å². The summed E-state index contributed by atoms with van der Waals surface area (Å²) in [5.74, 6) is 0. The number of nitrogens with zero attached hydrogens (tertiary/aromatic N) is 2. The number of benzene rings is 1. The highest BCUT2D eigenvalue weighted by Crippen LogP contribution is 2.31. The van der Waals surface area contributed by atoms with Crippen LogP contribution in [0.3, 0.4) is 0 Å². The quantitative estimate of drug-likeness (QED) is 0.793. The Kier molecular flexibility index (Phi) is 2.33. The molecule has 0 spiro atoms. The highest BCUT2D eigenvalue weighted by Gasteiger charge is 2.15. The van der Waals surface area contributed by atoms with Crippen LogP contribution in [0.1, 0.15) is 16.1 Å². The minimum Gasteiger partial charge on any atom is -0.384 e. The maximum absolute atomic E-state index is 10.5. The molecular weight excluding hydrogens is 214 g/mol. The van der Waals surface area contributed by atoms with Crippen molar-refractivity contribution in [1.29, 1.82) is 0 Å². The SMILES string of the molecule is O=Cc1cnc(-c2cccc3c2CCN3)cn1. The molecule has 1 aliphatic heterocycles. The number of aldehydes is 1. The number of fused-ring (bicyclic) bond motifs is 1. The van der Waals surface area contributed by atoms with Gasteiger partial charge in [-0.2, -0.15) is 0 Å². The summed E-state index contributed by atoms with van der Waals surface area (Å²) in [6.07, 6.45) is 4.86. The molecule has 1 N–H and O–H groups in total. The summed E-state index contributed by atoms with van der Waals surface area (Å²) >= 11 is 0. The minimum absolute atomic E-state index is 0.361. The Labute approximate surface area is 98.7 Å². The van der Waals surface area contributed by atoms with Gasteiger partial charge in [-0.15, -0.1) is 0 Å². The van der Waals surface area contributed by atoms with E-state index in [1.54, 1.807) is 6.20 Å². The molecule has 1 aromatic carbocycles. The number of hydrogen-bond donors (Lipinski definition) is 1. The van der Waals surface area contributed by atoms with Gasteiger partial charge in [0.05, 0.1) is 18.1 Å². The Balaban J connectivity index is 2.09. The lowest BCUT2D eigenvalue weighted by Crippen LogP contribution is -1.93. The lowest BCUT2D eigenvalue weighted by molar-refractivity contribution is 0.111. The largest absolute Gasteiger partial charge is 0.384 e. The van der Waals surface area contributed by atoms with E-state index in [1.807, 2.05) is 12.1 Å². The summed E-state index contributed by atoms with van der Waals surface area (Å²) in [4.78, 5) is 18.9. The Hall–Kier alpha value is -2.23. The first-order valence-electron chi connectivity index (χ1n) is 5.52.